The van der Waals surface area contributed by atoms with E-state index in [1.54, 1.807) is 0 Å². The minimum atomic E-state index is 0.487. The van der Waals surface area contributed by atoms with Crippen molar-refractivity contribution in [3.63, 3.8) is 0 Å². The van der Waals surface area contributed by atoms with E-state index in [1.165, 1.54) is 44.9 Å². The lowest BCUT2D eigenvalue weighted by molar-refractivity contribution is 0.163. The van der Waals surface area contributed by atoms with Gasteiger partial charge >= 0.3 is 0 Å². The monoisotopic (exact) mass is 208 g/mol. The van der Waals surface area contributed by atoms with Gasteiger partial charge in [-0.05, 0) is 49.4 Å². The summed E-state index contributed by atoms with van der Waals surface area (Å²) < 4.78 is 0. The lowest BCUT2D eigenvalue weighted by atomic mass is 9.66. The number of hydrogen-bond acceptors (Lipinski definition) is 0. The van der Waals surface area contributed by atoms with E-state index in [4.69, 9.17) is 0 Å². The van der Waals surface area contributed by atoms with Crippen molar-refractivity contribution in [2.24, 2.45) is 17.3 Å². The molecular formula is C15H28. The number of allylic oxidation sites excluding steroid dienone is 1. The Bertz CT molecular complexity index is 184. The molecule has 0 aromatic rings. The molecule has 15 heavy (non-hydrogen) atoms. The van der Waals surface area contributed by atoms with Crippen LogP contribution in [0.1, 0.15) is 65.7 Å². The van der Waals surface area contributed by atoms with Gasteiger partial charge in [-0.2, -0.15) is 0 Å². The summed E-state index contributed by atoms with van der Waals surface area (Å²) in [5.74, 6) is 1.86. The lowest BCUT2D eigenvalue weighted by Gasteiger charge is -2.39. The second-order valence-electron chi connectivity index (χ2n) is 5.64. The standard InChI is InChI=1S/C15H28/c1-5-13(4)12-15(7-3)10-8-14(6-2)9-11-15/h7,13-14H,3,5-6,8-12H2,1-2,4H3. The highest BCUT2D eigenvalue weighted by atomic mass is 14.4. The van der Waals surface area contributed by atoms with Crippen molar-refractivity contribution >= 4 is 0 Å². The van der Waals surface area contributed by atoms with Gasteiger partial charge in [0, 0.05) is 0 Å². The van der Waals surface area contributed by atoms with Gasteiger partial charge in [-0.25, -0.2) is 0 Å². The van der Waals surface area contributed by atoms with Crippen LogP contribution in [0.3, 0.4) is 0 Å². The first-order valence-electron chi connectivity index (χ1n) is 6.79. The SMILES string of the molecule is C=CC1(CC(C)CC)CCC(CC)CC1. The van der Waals surface area contributed by atoms with E-state index in [0.717, 1.165) is 11.8 Å². The molecule has 1 saturated carbocycles. The quantitative estimate of drug-likeness (QED) is 0.545. The summed E-state index contributed by atoms with van der Waals surface area (Å²) in [5.41, 5.74) is 0.487. The van der Waals surface area contributed by atoms with E-state index in [1.807, 2.05) is 0 Å². The Kier molecular flexibility index (Phi) is 4.89. The molecule has 1 fully saturated rings. The zero-order valence-electron chi connectivity index (χ0n) is 10.9. The molecule has 1 atom stereocenters. The normalized spacial score (nSPS) is 33.7. The Morgan fingerprint density at radius 3 is 2.33 bits per heavy atom. The first-order chi connectivity index (χ1) is 7.15. The second-order valence-corrected chi connectivity index (χ2v) is 5.64. The molecule has 0 heteroatoms. The van der Waals surface area contributed by atoms with E-state index >= 15 is 0 Å². The molecule has 0 spiro atoms. The van der Waals surface area contributed by atoms with Crippen LogP contribution >= 0.6 is 0 Å². The summed E-state index contributed by atoms with van der Waals surface area (Å²) in [5, 5.41) is 0. The third kappa shape index (κ3) is 3.36. The maximum Gasteiger partial charge on any atom is -0.0118 e. The predicted molar refractivity (Wildman–Crippen MR) is 69.0 cm³/mol. The average molecular weight is 208 g/mol. The highest BCUT2D eigenvalue weighted by Crippen LogP contribution is 2.45. The van der Waals surface area contributed by atoms with Crippen molar-refractivity contribution < 1.29 is 0 Å². The highest BCUT2D eigenvalue weighted by Gasteiger charge is 2.32. The van der Waals surface area contributed by atoms with Crippen LogP contribution < -0.4 is 0 Å². The van der Waals surface area contributed by atoms with Crippen molar-refractivity contribution in [1.82, 2.24) is 0 Å². The second kappa shape index (κ2) is 5.72. The summed E-state index contributed by atoms with van der Waals surface area (Å²) in [6.45, 7) is 11.1. The van der Waals surface area contributed by atoms with E-state index < -0.39 is 0 Å². The minimum Gasteiger partial charge on any atom is -0.103 e. The maximum absolute atomic E-state index is 4.09. The van der Waals surface area contributed by atoms with E-state index in [0.29, 0.717) is 5.41 Å². The van der Waals surface area contributed by atoms with Gasteiger partial charge in [-0.3, -0.25) is 0 Å². The van der Waals surface area contributed by atoms with E-state index in [2.05, 4.69) is 33.4 Å². The summed E-state index contributed by atoms with van der Waals surface area (Å²) in [6.07, 6.45) is 12.0. The molecule has 0 aromatic carbocycles. The molecule has 1 aliphatic rings. The van der Waals surface area contributed by atoms with Crippen LogP contribution in [0, 0.1) is 17.3 Å². The van der Waals surface area contributed by atoms with Gasteiger partial charge in [-0.1, -0.05) is 39.7 Å². The van der Waals surface area contributed by atoms with Crippen molar-refractivity contribution in [3.05, 3.63) is 12.7 Å². The third-order valence-corrected chi connectivity index (χ3v) is 4.56. The maximum atomic E-state index is 4.09. The lowest BCUT2D eigenvalue weighted by Crippen LogP contribution is -2.27. The topological polar surface area (TPSA) is 0 Å². The van der Waals surface area contributed by atoms with Crippen LogP contribution in [0.4, 0.5) is 0 Å². The fourth-order valence-electron chi connectivity index (χ4n) is 2.99. The van der Waals surface area contributed by atoms with Crippen molar-refractivity contribution in [3.8, 4) is 0 Å². The van der Waals surface area contributed by atoms with Crippen molar-refractivity contribution in [1.29, 1.82) is 0 Å². The van der Waals surface area contributed by atoms with Gasteiger partial charge in [-0.15, -0.1) is 6.58 Å². The Hall–Kier alpha value is -0.260. The molecule has 0 bridgehead atoms. The Morgan fingerprint density at radius 2 is 1.93 bits per heavy atom. The molecule has 0 heterocycles. The molecule has 0 N–H and O–H groups in total. The van der Waals surface area contributed by atoms with Crippen LogP contribution in [0.2, 0.25) is 0 Å². The number of hydrogen-bond donors (Lipinski definition) is 0. The number of rotatable bonds is 5. The first kappa shape index (κ1) is 12.8. The average Bonchev–Trinajstić information content (AvgIpc) is 2.30. The largest absolute Gasteiger partial charge is 0.103 e. The van der Waals surface area contributed by atoms with E-state index in [9.17, 15) is 0 Å². The molecule has 1 rings (SSSR count). The Labute approximate surface area is 96.2 Å². The summed E-state index contributed by atoms with van der Waals surface area (Å²) in [6, 6.07) is 0. The molecule has 88 valence electrons. The van der Waals surface area contributed by atoms with Crippen LogP contribution in [-0.2, 0) is 0 Å². The smallest absolute Gasteiger partial charge is 0.0118 e. The molecule has 0 saturated heterocycles. The van der Waals surface area contributed by atoms with Crippen LogP contribution in [-0.4, -0.2) is 0 Å². The van der Waals surface area contributed by atoms with Gasteiger partial charge < -0.3 is 0 Å². The first-order valence-corrected chi connectivity index (χ1v) is 6.79. The molecular weight excluding hydrogens is 180 g/mol. The fraction of sp³-hybridized carbons (Fsp3) is 0.867. The van der Waals surface area contributed by atoms with Gasteiger partial charge in [0.05, 0.1) is 0 Å². The Balaban J connectivity index is 2.52. The van der Waals surface area contributed by atoms with Crippen LogP contribution in [0.15, 0.2) is 12.7 Å². The van der Waals surface area contributed by atoms with Gasteiger partial charge in [0.15, 0.2) is 0 Å². The predicted octanol–water partition coefficient (Wildman–Crippen LogP) is 5.20. The van der Waals surface area contributed by atoms with Gasteiger partial charge in [0.1, 0.15) is 0 Å². The zero-order valence-corrected chi connectivity index (χ0v) is 10.9. The van der Waals surface area contributed by atoms with Crippen molar-refractivity contribution in [2.45, 2.75) is 65.7 Å². The molecule has 1 aliphatic carbocycles. The van der Waals surface area contributed by atoms with Crippen molar-refractivity contribution in [2.75, 3.05) is 0 Å². The zero-order chi connectivity index (χ0) is 11.3. The summed E-state index contributed by atoms with van der Waals surface area (Å²) in [7, 11) is 0. The summed E-state index contributed by atoms with van der Waals surface area (Å²) >= 11 is 0. The van der Waals surface area contributed by atoms with Crippen LogP contribution in [0.5, 0.6) is 0 Å². The molecule has 1 unspecified atom stereocenters. The van der Waals surface area contributed by atoms with Gasteiger partial charge in [0.25, 0.3) is 0 Å². The summed E-state index contributed by atoms with van der Waals surface area (Å²) in [4.78, 5) is 0. The van der Waals surface area contributed by atoms with Gasteiger partial charge in [0.2, 0.25) is 0 Å². The minimum absolute atomic E-state index is 0.487. The Morgan fingerprint density at radius 1 is 1.33 bits per heavy atom. The highest BCUT2D eigenvalue weighted by molar-refractivity contribution is 4.98. The molecule has 0 amide bonds. The fourth-order valence-corrected chi connectivity index (χ4v) is 2.99. The molecule has 0 aliphatic heterocycles. The molecule has 0 aromatic heterocycles. The third-order valence-electron chi connectivity index (χ3n) is 4.56. The molecule has 0 radical (unpaired) electrons. The molecule has 0 nitrogen and oxygen atoms in total. The van der Waals surface area contributed by atoms with E-state index in [-0.39, 0.29) is 0 Å². The van der Waals surface area contributed by atoms with Crippen LogP contribution in [0.25, 0.3) is 0 Å².